The molecule has 30 heavy (non-hydrogen) atoms. The molecule has 0 radical (unpaired) electrons. The highest BCUT2D eigenvalue weighted by molar-refractivity contribution is 5.85. The van der Waals surface area contributed by atoms with Crippen molar-refractivity contribution in [3.8, 4) is 12.3 Å². The molecule has 3 aromatic carbocycles. The number of nitrogens with one attached hydrogen (secondary N) is 1. The highest BCUT2D eigenvalue weighted by atomic mass is 16.4. The van der Waals surface area contributed by atoms with Crippen LogP contribution in [0.1, 0.15) is 29.5 Å². The number of aliphatic carboxylic acids is 1. The Morgan fingerprint density at radius 1 is 0.833 bits per heavy atom. The second-order valence-electron chi connectivity index (χ2n) is 7.05. The molecule has 1 atom stereocenters. The van der Waals surface area contributed by atoms with Crippen molar-refractivity contribution in [1.29, 1.82) is 0 Å². The number of terminal acetylenes is 1. The van der Waals surface area contributed by atoms with Gasteiger partial charge in [-0.2, -0.15) is 0 Å². The molecular weight excluding hydrogens is 374 g/mol. The highest BCUT2D eigenvalue weighted by Crippen LogP contribution is 2.42. The van der Waals surface area contributed by atoms with Gasteiger partial charge in [-0.3, -0.25) is 4.79 Å². The summed E-state index contributed by atoms with van der Waals surface area (Å²) in [5.41, 5.74) is 2.05. The molecule has 0 saturated carbocycles. The van der Waals surface area contributed by atoms with Crippen molar-refractivity contribution < 1.29 is 14.7 Å². The van der Waals surface area contributed by atoms with E-state index < -0.39 is 17.4 Å². The molecule has 4 heteroatoms. The van der Waals surface area contributed by atoms with Crippen molar-refractivity contribution in [3.63, 3.8) is 0 Å². The lowest BCUT2D eigenvalue weighted by molar-refractivity contribution is -0.141. The van der Waals surface area contributed by atoms with Gasteiger partial charge in [0.2, 0.25) is 5.91 Å². The molecule has 3 rings (SSSR count). The Bertz CT molecular complexity index is 927. The van der Waals surface area contributed by atoms with Crippen molar-refractivity contribution in [2.24, 2.45) is 0 Å². The summed E-state index contributed by atoms with van der Waals surface area (Å²) in [4.78, 5) is 24.6. The lowest BCUT2D eigenvalue weighted by Crippen LogP contribution is -2.44. The summed E-state index contributed by atoms with van der Waals surface area (Å²) in [6, 6.07) is 28.2. The zero-order valence-electron chi connectivity index (χ0n) is 16.5. The summed E-state index contributed by atoms with van der Waals surface area (Å²) in [6.07, 6.45) is 5.25. The van der Waals surface area contributed by atoms with E-state index in [0.717, 1.165) is 16.7 Å². The molecule has 0 aliphatic heterocycles. The Morgan fingerprint density at radius 2 is 1.23 bits per heavy atom. The van der Waals surface area contributed by atoms with Crippen LogP contribution in [0.15, 0.2) is 91.0 Å². The van der Waals surface area contributed by atoms with E-state index in [4.69, 9.17) is 6.42 Å². The first-order valence-electron chi connectivity index (χ1n) is 9.70. The van der Waals surface area contributed by atoms with Crippen molar-refractivity contribution in [2.45, 2.75) is 24.3 Å². The molecule has 3 aromatic rings. The monoisotopic (exact) mass is 397 g/mol. The normalized spacial score (nSPS) is 11.8. The molecule has 0 aliphatic carbocycles. The first-order valence-corrected chi connectivity index (χ1v) is 9.70. The third-order valence-electron chi connectivity index (χ3n) is 5.18. The number of carboxylic acids is 1. The first kappa shape index (κ1) is 20.9. The zero-order chi connectivity index (χ0) is 21.4. The maximum Gasteiger partial charge on any atom is 0.327 e. The van der Waals surface area contributed by atoms with Crippen LogP contribution in [0, 0.1) is 12.3 Å². The summed E-state index contributed by atoms with van der Waals surface area (Å²) in [7, 11) is 0. The molecule has 0 spiro atoms. The van der Waals surface area contributed by atoms with E-state index in [0.29, 0.717) is 0 Å². The number of amides is 1. The van der Waals surface area contributed by atoms with Crippen LogP contribution < -0.4 is 5.32 Å². The van der Waals surface area contributed by atoms with Crippen LogP contribution in [0.4, 0.5) is 0 Å². The summed E-state index contributed by atoms with van der Waals surface area (Å²) in [5, 5.41) is 12.0. The number of carbonyl (C=O) groups excluding carboxylic acids is 1. The van der Waals surface area contributed by atoms with Gasteiger partial charge in [0.25, 0.3) is 0 Å². The van der Waals surface area contributed by atoms with Gasteiger partial charge in [0.05, 0.1) is 5.41 Å². The first-order chi connectivity index (χ1) is 14.6. The largest absolute Gasteiger partial charge is 0.480 e. The van der Waals surface area contributed by atoms with E-state index in [9.17, 15) is 14.7 Å². The minimum absolute atomic E-state index is 0.0411. The second kappa shape index (κ2) is 9.58. The molecular formula is C26H23NO3. The smallest absolute Gasteiger partial charge is 0.327 e. The number of carbonyl (C=O) groups is 2. The van der Waals surface area contributed by atoms with Gasteiger partial charge in [-0.15, -0.1) is 12.3 Å². The lowest BCUT2D eigenvalue weighted by Gasteiger charge is -2.35. The molecule has 0 unspecified atom stereocenters. The maximum absolute atomic E-state index is 13.1. The zero-order valence-corrected chi connectivity index (χ0v) is 16.5. The number of hydrogen-bond acceptors (Lipinski definition) is 2. The van der Waals surface area contributed by atoms with E-state index in [1.165, 1.54) is 0 Å². The number of carboxylic acid groups (broad SMARTS) is 1. The van der Waals surface area contributed by atoms with Gasteiger partial charge in [-0.1, -0.05) is 91.0 Å². The standard InChI is InChI=1S/C26H23NO3/c1-2-12-23(25(29)30)27-24(28)19-26(20-13-6-3-7-14-20,21-15-8-4-9-16-21)22-17-10-5-11-18-22/h1,3-11,13-18,23H,12,19H2,(H,27,28)(H,29,30)/t23-/m1/s1. The fourth-order valence-electron chi connectivity index (χ4n) is 3.78. The van der Waals surface area contributed by atoms with Crippen molar-refractivity contribution >= 4 is 11.9 Å². The minimum atomic E-state index is -1.15. The van der Waals surface area contributed by atoms with Crippen molar-refractivity contribution in [1.82, 2.24) is 5.32 Å². The molecule has 0 bridgehead atoms. The SMILES string of the molecule is C#CC[C@@H](NC(=O)CC(c1ccccc1)(c1ccccc1)c1ccccc1)C(=O)O. The molecule has 0 aromatic heterocycles. The van der Waals surface area contributed by atoms with E-state index >= 15 is 0 Å². The van der Waals surface area contributed by atoms with E-state index in [-0.39, 0.29) is 18.7 Å². The molecule has 1 amide bonds. The molecule has 4 nitrogen and oxygen atoms in total. The molecule has 0 fully saturated rings. The average molecular weight is 397 g/mol. The van der Waals surface area contributed by atoms with Crippen LogP contribution in [-0.4, -0.2) is 23.0 Å². The topological polar surface area (TPSA) is 66.4 Å². The molecule has 0 saturated heterocycles. The number of hydrogen-bond donors (Lipinski definition) is 2. The van der Waals surface area contributed by atoms with E-state index in [1.54, 1.807) is 0 Å². The maximum atomic E-state index is 13.1. The third-order valence-corrected chi connectivity index (χ3v) is 5.18. The van der Waals surface area contributed by atoms with Gasteiger partial charge in [0.1, 0.15) is 6.04 Å². The van der Waals surface area contributed by atoms with Crippen molar-refractivity contribution in [2.75, 3.05) is 0 Å². The van der Waals surface area contributed by atoms with Gasteiger partial charge in [0.15, 0.2) is 0 Å². The molecule has 2 N–H and O–H groups in total. The van der Waals surface area contributed by atoms with Gasteiger partial charge in [-0.05, 0) is 16.7 Å². The molecule has 0 heterocycles. The third kappa shape index (κ3) is 4.42. The Balaban J connectivity index is 2.13. The average Bonchev–Trinajstić information content (AvgIpc) is 2.79. The highest BCUT2D eigenvalue weighted by Gasteiger charge is 2.39. The Kier molecular flexibility index (Phi) is 6.67. The summed E-state index contributed by atoms with van der Waals surface area (Å²) < 4.78 is 0. The fourth-order valence-corrected chi connectivity index (χ4v) is 3.78. The quantitative estimate of drug-likeness (QED) is 0.446. The van der Waals surface area contributed by atoms with Gasteiger partial charge in [-0.25, -0.2) is 4.79 Å². The van der Waals surface area contributed by atoms with Crippen LogP contribution in [0.25, 0.3) is 0 Å². The van der Waals surface area contributed by atoms with Crippen LogP contribution >= 0.6 is 0 Å². The Hall–Kier alpha value is -3.84. The van der Waals surface area contributed by atoms with Crippen molar-refractivity contribution in [3.05, 3.63) is 108 Å². The summed E-state index contributed by atoms with van der Waals surface area (Å²) in [5.74, 6) is 0.789. The lowest BCUT2D eigenvalue weighted by atomic mass is 9.67. The predicted molar refractivity (Wildman–Crippen MR) is 117 cm³/mol. The Morgan fingerprint density at radius 3 is 1.57 bits per heavy atom. The van der Waals surface area contributed by atoms with Crippen LogP contribution in [0.2, 0.25) is 0 Å². The minimum Gasteiger partial charge on any atom is -0.480 e. The Labute approximate surface area is 176 Å². The molecule has 0 aliphatic rings. The van der Waals surface area contributed by atoms with Gasteiger partial charge in [0, 0.05) is 12.8 Å². The summed E-state index contributed by atoms with van der Waals surface area (Å²) >= 11 is 0. The fraction of sp³-hybridized carbons (Fsp3) is 0.154. The van der Waals surface area contributed by atoms with Crippen LogP contribution in [0.5, 0.6) is 0 Å². The van der Waals surface area contributed by atoms with Gasteiger partial charge >= 0.3 is 5.97 Å². The van der Waals surface area contributed by atoms with E-state index in [2.05, 4.69) is 11.2 Å². The van der Waals surface area contributed by atoms with Crippen LogP contribution in [0.3, 0.4) is 0 Å². The number of benzene rings is 3. The second-order valence-corrected chi connectivity index (χ2v) is 7.05. The van der Waals surface area contributed by atoms with Gasteiger partial charge < -0.3 is 10.4 Å². The summed E-state index contributed by atoms with van der Waals surface area (Å²) in [6.45, 7) is 0. The predicted octanol–water partition coefficient (Wildman–Crippen LogP) is 4.00. The molecule has 150 valence electrons. The van der Waals surface area contributed by atoms with Crippen LogP contribution in [-0.2, 0) is 15.0 Å². The number of rotatable bonds is 8. The van der Waals surface area contributed by atoms with E-state index in [1.807, 2.05) is 91.0 Å².